The third kappa shape index (κ3) is 3.24. The van der Waals surface area contributed by atoms with Gasteiger partial charge in [-0.1, -0.05) is 0 Å². The van der Waals surface area contributed by atoms with Gasteiger partial charge in [-0.05, 0) is 12.1 Å². The van der Waals surface area contributed by atoms with Crippen molar-refractivity contribution in [3.8, 4) is 11.4 Å². The zero-order valence-electron chi connectivity index (χ0n) is 13.4. The molecule has 0 saturated heterocycles. The van der Waals surface area contributed by atoms with Gasteiger partial charge in [-0.2, -0.15) is 0 Å². The van der Waals surface area contributed by atoms with Crippen LogP contribution in [0.15, 0.2) is 46.5 Å². The van der Waals surface area contributed by atoms with Crippen LogP contribution in [0.5, 0.6) is 0 Å². The number of rotatable bonds is 3. The van der Waals surface area contributed by atoms with Crippen molar-refractivity contribution in [1.29, 1.82) is 0 Å². The molecule has 8 nitrogen and oxygen atoms in total. The highest BCUT2D eigenvalue weighted by molar-refractivity contribution is 5.54. The predicted octanol–water partition coefficient (Wildman–Crippen LogP) is 0.474. The van der Waals surface area contributed by atoms with Crippen LogP contribution in [0, 0.1) is 0 Å². The molecule has 0 radical (unpaired) electrons. The van der Waals surface area contributed by atoms with Crippen molar-refractivity contribution >= 4 is 0 Å². The fourth-order valence-electron chi connectivity index (χ4n) is 2.95. The summed E-state index contributed by atoms with van der Waals surface area (Å²) in [5.41, 5.74) is 2.74. The Balaban J connectivity index is 1.54. The number of hydrogen-bond acceptors (Lipinski definition) is 6. The Kier molecular flexibility index (Phi) is 3.95. The second kappa shape index (κ2) is 6.40. The molecule has 3 aromatic rings. The molecule has 0 atom stereocenters. The molecule has 4 heterocycles. The topological polar surface area (TPSA) is 108 Å². The van der Waals surface area contributed by atoms with Crippen molar-refractivity contribution in [1.82, 2.24) is 29.8 Å². The number of pyridine rings is 1. The van der Waals surface area contributed by atoms with E-state index >= 15 is 0 Å². The monoisotopic (exact) mass is 336 g/mol. The highest BCUT2D eigenvalue weighted by atomic mass is 16.2. The number of nitrogens with one attached hydrogen (secondary N) is 2. The van der Waals surface area contributed by atoms with Gasteiger partial charge >= 0.3 is 5.69 Å². The van der Waals surface area contributed by atoms with E-state index in [1.807, 2.05) is 18.3 Å². The summed E-state index contributed by atoms with van der Waals surface area (Å²) in [6.45, 7) is 1.93. The van der Waals surface area contributed by atoms with Gasteiger partial charge in [-0.3, -0.25) is 19.7 Å². The fourth-order valence-corrected chi connectivity index (χ4v) is 2.95. The van der Waals surface area contributed by atoms with Crippen LogP contribution in [0.3, 0.4) is 0 Å². The van der Waals surface area contributed by atoms with E-state index in [2.05, 4.69) is 29.8 Å². The van der Waals surface area contributed by atoms with Gasteiger partial charge in [-0.25, -0.2) is 14.8 Å². The van der Waals surface area contributed by atoms with Gasteiger partial charge in [0.1, 0.15) is 0 Å². The molecule has 2 N–H and O–H groups in total. The fraction of sp³-hybridized carbons (Fsp3) is 0.235. The molecule has 0 bridgehead atoms. The van der Waals surface area contributed by atoms with Gasteiger partial charge in [0.05, 0.1) is 5.69 Å². The van der Waals surface area contributed by atoms with Crippen molar-refractivity contribution in [2.75, 3.05) is 6.54 Å². The average molecular weight is 336 g/mol. The van der Waals surface area contributed by atoms with Gasteiger partial charge in [0, 0.05) is 67.5 Å². The molecule has 0 spiro atoms. The van der Waals surface area contributed by atoms with Crippen LogP contribution < -0.4 is 11.2 Å². The van der Waals surface area contributed by atoms with E-state index in [9.17, 15) is 9.59 Å². The van der Waals surface area contributed by atoms with E-state index in [1.54, 1.807) is 12.4 Å². The zero-order chi connectivity index (χ0) is 17.2. The standard InChI is InChI=1S/C17H16N6O2/c24-16-13(8-20-17(25)22-16)10-23-6-3-14-12(9-23)7-19-15(21-14)11-1-4-18-5-2-11/h1-2,4-5,7-8H,3,6,9-10H2,(H2,20,22,24,25). The second-order valence-corrected chi connectivity index (χ2v) is 5.96. The average Bonchev–Trinajstić information content (AvgIpc) is 2.64. The van der Waals surface area contributed by atoms with Crippen LogP contribution in [0.1, 0.15) is 16.8 Å². The first kappa shape index (κ1) is 15.4. The molecule has 126 valence electrons. The van der Waals surface area contributed by atoms with Crippen LogP contribution in [0.4, 0.5) is 0 Å². The minimum Gasteiger partial charge on any atom is -0.314 e. The van der Waals surface area contributed by atoms with Crippen LogP contribution in [-0.2, 0) is 19.5 Å². The molecule has 0 saturated carbocycles. The highest BCUT2D eigenvalue weighted by Crippen LogP contribution is 2.21. The number of hydrogen-bond donors (Lipinski definition) is 2. The maximum absolute atomic E-state index is 11.8. The molecule has 8 heteroatoms. The molecule has 0 unspecified atom stereocenters. The summed E-state index contributed by atoms with van der Waals surface area (Å²) in [6, 6.07) is 3.78. The summed E-state index contributed by atoms with van der Waals surface area (Å²) >= 11 is 0. The maximum atomic E-state index is 11.8. The van der Waals surface area contributed by atoms with E-state index in [-0.39, 0.29) is 5.56 Å². The van der Waals surface area contributed by atoms with Gasteiger partial charge in [0.2, 0.25) is 0 Å². The molecule has 0 aliphatic carbocycles. The number of H-pyrrole nitrogens is 2. The van der Waals surface area contributed by atoms with Crippen LogP contribution in [0.2, 0.25) is 0 Å². The zero-order valence-corrected chi connectivity index (χ0v) is 13.4. The second-order valence-electron chi connectivity index (χ2n) is 5.96. The van der Waals surface area contributed by atoms with E-state index in [0.29, 0.717) is 24.5 Å². The molecule has 0 amide bonds. The first-order valence-corrected chi connectivity index (χ1v) is 7.97. The van der Waals surface area contributed by atoms with Gasteiger partial charge in [0.15, 0.2) is 5.82 Å². The lowest BCUT2D eigenvalue weighted by Gasteiger charge is -2.27. The van der Waals surface area contributed by atoms with E-state index in [4.69, 9.17) is 0 Å². The van der Waals surface area contributed by atoms with Crippen molar-refractivity contribution < 1.29 is 0 Å². The van der Waals surface area contributed by atoms with Crippen molar-refractivity contribution in [3.63, 3.8) is 0 Å². The molecule has 0 fully saturated rings. The van der Waals surface area contributed by atoms with Gasteiger partial charge in [-0.15, -0.1) is 0 Å². The predicted molar refractivity (Wildman–Crippen MR) is 90.8 cm³/mol. The van der Waals surface area contributed by atoms with Crippen LogP contribution in [-0.4, -0.2) is 36.4 Å². The third-order valence-electron chi connectivity index (χ3n) is 4.24. The Labute approximate surface area is 142 Å². The summed E-state index contributed by atoms with van der Waals surface area (Å²) in [5, 5.41) is 0. The smallest absolute Gasteiger partial charge is 0.314 e. The van der Waals surface area contributed by atoms with E-state index in [1.165, 1.54) is 6.20 Å². The Hall–Kier alpha value is -3.13. The number of aromatic amines is 2. The molecule has 4 rings (SSSR count). The van der Waals surface area contributed by atoms with Crippen LogP contribution >= 0.6 is 0 Å². The Morgan fingerprint density at radius 2 is 2.04 bits per heavy atom. The van der Waals surface area contributed by atoms with Gasteiger partial charge < -0.3 is 4.98 Å². The van der Waals surface area contributed by atoms with E-state index in [0.717, 1.165) is 29.8 Å². The summed E-state index contributed by atoms with van der Waals surface area (Å²) in [4.78, 5) is 43.0. The van der Waals surface area contributed by atoms with Crippen LogP contribution in [0.25, 0.3) is 11.4 Å². The Morgan fingerprint density at radius 1 is 1.20 bits per heavy atom. The normalized spacial score (nSPS) is 14.2. The Morgan fingerprint density at radius 3 is 2.84 bits per heavy atom. The minimum atomic E-state index is -0.491. The SMILES string of the molecule is O=c1[nH]cc(CN2CCc3nc(-c4ccncc4)ncc3C2)c(=O)[nH]1. The summed E-state index contributed by atoms with van der Waals surface area (Å²) in [6.07, 6.45) is 7.56. The Bertz CT molecular complexity index is 1010. The number of nitrogens with zero attached hydrogens (tertiary/aromatic N) is 4. The third-order valence-corrected chi connectivity index (χ3v) is 4.24. The quantitative estimate of drug-likeness (QED) is 0.720. The minimum absolute atomic E-state index is 0.348. The molecule has 1 aliphatic rings. The molecular weight excluding hydrogens is 320 g/mol. The van der Waals surface area contributed by atoms with Crippen molar-refractivity contribution in [2.24, 2.45) is 0 Å². The summed E-state index contributed by atoms with van der Waals surface area (Å²) in [5.74, 6) is 0.701. The molecule has 25 heavy (non-hydrogen) atoms. The number of fused-ring (bicyclic) bond motifs is 1. The summed E-state index contributed by atoms with van der Waals surface area (Å²) < 4.78 is 0. The first-order chi connectivity index (χ1) is 12.2. The maximum Gasteiger partial charge on any atom is 0.325 e. The molecule has 0 aromatic carbocycles. The molecule has 3 aromatic heterocycles. The molecular formula is C17H16N6O2. The largest absolute Gasteiger partial charge is 0.325 e. The number of aromatic nitrogens is 5. The lowest BCUT2D eigenvalue weighted by molar-refractivity contribution is 0.241. The summed E-state index contributed by atoms with van der Waals surface area (Å²) in [7, 11) is 0. The lowest BCUT2D eigenvalue weighted by Crippen LogP contribution is -2.34. The van der Waals surface area contributed by atoms with Crippen molar-refractivity contribution in [2.45, 2.75) is 19.5 Å². The van der Waals surface area contributed by atoms with E-state index < -0.39 is 5.69 Å². The first-order valence-electron chi connectivity index (χ1n) is 7.97. The highest BCUT2D eigenvalue weighted by Gasteiger charge is 2.19. The van der Waals surface area contributed by atoms with Gasteiger partial charge in [0.25, 0.3) is 5.56 Å². The lowest BCUT2D eigenvalue weighted by atomic mass is 10.1. The van der Waals surface area contributed by atoms with Crippen molar-refractivity contribution in [3.05, 3.63) is 74.6 Å². The molecule has 1 aliphatic heterocycles.